The van der Waals surface area contributed by atoms with Gasteiger partial charge >= 0.3 is 0 Å². The number of hydrogen-bond acceptors (Lipinski definition) is 7. The topological polar surface area (TPSA) is 107 Å². The van der Waals surface area contributed by atoms with Gasteiger partial charge in [0.2, 0.25) is 5.13 Å². The van der Waals surface area contributed by atoms with Crippen molar-refractivity contribution in [3.63, 3.8) is 0 Å². The third-order valence-electron chi connectivity index (χ3n) is 1.87. The van der Waals surface area contributed by atoms with E-state index in [0.29, 0.717) is 10.7 Å². The standard InChI is InChI=1S/C10H8N6OS/c11-5-1-3-7-4-2-6-12-8(7)9(17)13-10-14-15-16-18-10/h2,4,6H,5,11H2,(H,13,14,16,17). The van der Waals surface area contributed by atoms with E-state index in [9.17, 15) is 4.79 Å². The summed E-state index contributed by atoms with van der Waals surface area (Å²) in [7, 11) is 0. The van der Waals surface area contributed by atoms with Gasteiger partial charge in [0.25, 0.3) is 5.91 Å². The summed E-state index contributed by atoms with van der Waals surface area (Å²) in [4.78, 5) is 15.9. The first-order valence-electron chi connectivity index (χ1n) is 4.91. The Bertz CT molecular complexity index is 600. The molecule has 0 fully saturated rings. The lowest BCUT2D eigenvalue weighted by Crippen LogP contribution is -2.15. The van der Waals surface area contributed by atoms with E-state index in [2.05, 4.69) is 36.9 Å². The van der Waals surface area contributed by atoms with Crippen LogP contribution in [-0.2, 0) is 0 Å². The van der Waals surface area contributed by atoms with Crippen LogP contribution in [0.25, 0.3) is 0 Å². The zero-order valence-electron chi connectivity index (χ0n) is 9.12. The van der Waals surface area contributed by atoms with E-state index in [1.165, 1.54) is 6.20 Å². The van der Waals surface area contributed by atoms with Crippen molar-refractivity contribution in [3.05, 3.63) is 29.6 Å². The van der Waals surface area contributed by atoms with Crippen molar-refractivity contribution in [1.82, 2.24) is 19.8 Å². The van der Waals surface area contributed by atoms with Gasteiger partial charge in [-0.15, -0.1) is 0 Å². The SMILES string of the molecule is NCC#Cc1cccnc1C(=O)Nc1nnns1. The maximum absolute atomic E-state index is 11.9. The van der Waals surface area contributed by atoms with Crippen molar-refractivity contribution in [2.75, 3.05) is 11.9 Å². The summed E-state index contributed by atoms with van der Waals surface area (Å²) in [6.07, 6.45) is 1.51. The second kappa shape index (κ2) is 5.81. The number of aromatic nitrogens is 4. The fourth-order valence-electron chi connectivity index (χ4n) is 1.17. The second-order valence-corrected chi connectivity index (χ2v) is 3.76. The zero-order valence-corrected chi connectivity index (χ0v) is 9.94. The molecule has 2 aromatic rings. The molecule has 0 unspecified atom stereocenters. The van der Waals surface area contributed by atoms with E-state index >= 15 is 0 Å². The van der Waals surface area contributed by atoms with Gasteiger partial charge in [0.15, 0.2) is 0 Å². The molecule has 1 amide bonds. The minimum atomic E-state index is -0.407. The van der Waals surface area contributed by atoms with E-state index in [1.54, 1.807) is 12.1 Å². The second-order valence-electron chi connectivity index (χ2n) is 3.03. The summed E-state index contributed by atoms with van der Waals surface area (Å²) in [5.74, 6) is 5.06. The Balaban J connectivity index is 2.24. The number of nitrogens with zero attached hydrogens (tertiary/aromatic N) is 4. The van der Waals surface area contributed by atoms with Crippen LogP contribution < -0.4 is 11.1 Å². The molecule has 90 valence electrons. The van der Waals surface area contributed by atoms with E-state index in [4.69, 9.17) is 5.73 Å². The van der Waals surface area contributed by atoms with Crippen LogP contribution in [0.4, 0.5) is 5.13 Å². The Morgan fingerprint density at radius 1 is 1.56 bits per heavy atom. The van der Waals surface area contributed by atoms with Crippen molar-refractivity contribution in [2.24, 2.45) is 5.73 Å². The highest BCUT2D eigenvalue weighted by Crippen LogP contribution is 2.09. The molecule has 0 saturated heterocycles. The Labute approximate surface area is 107 Å². The zero-order chi connectivity index (χ0) is 12.8. The molecule has 0 aliphatic rings. The fraction of sp³-hybridized carbons (Fsp3) is 0.100. The Hall–Kier alpha value is -2.37. The monoisotopic (exact) mass is 260 g/mol. The number of nitrogens with one attached hydrogen (secondary N) is 1. The smallest absolute Gasteiger partial charge is 0.277 e. The molecule has 0 radical (unpaired) electrons. The molecule has 18 heavy (non-hydrogen) atoms. The lowest BCUT2D eigenvalue weighted by Gasteiger charge is -2.01. The van der Waals surface area contributed by atoms with Crippen LogP contribution in [0.1, 0.15) is 16.1 Å². The number of nitrogens with two attached hydrogens (primary N) is 1. The molecule has 0 bridgehead atoms. The predicted octanol–water partition coefficient (Wildman–Crippen LogP) is -0.109. The summed E-state index contributed by atoms with van der Waals surface area (Å²) >= 11 is 0.982. The number of hydrogen-bond donors (Lipinski definition) is 2. The van der Waals surface area contributed by atoms with Gasteiger partial charge in [0, 0.05) is 17.7 Å². The van der Waals surface area contributed by atoms with Crippen molar-refractivity contribution >= 4 is 22.6 Å². The molecule has 8 heteroatoms. The van der Waals surface area contributed by atoms with Crippen LogP contribution in [0.5, 0.6) is 0 Å². The van der Waals surface area contributed by atoms with Crippen LogP contribution in [0.2, 0.25) is 0 Å². The van der Waals surface area contributed by atoms with Gasteiger partial charge in [-0.3, -0.25) is 10.1 Å². The van der Waals surface area contributed by atoms with Crippen LogP contribution in [0.15, 0.2) is 18.3 Å². The quantitative estimate of drug-likeness (QED) is 0.730. The van der Waals surface area contributed by atoms with Gasteiger partial charge in [-0.2, -0.15) is 0 Å². The highest BCUT2D eigenvalue weighted by Gasteiger charge is 2.13. The third-order valence-corrected chi connectivity index (χ3v) is 2.38. The lowest BCUT2D eigenvalue weighted by molar-refractivity contribution is 0.102. The van der Waals surface area contributed by atoms with Gasteiger partial charge in [0.05, 0.1) is 12.1 Å². The van der Waals surface area contributed by atoms with Gasteiger partial charge in [0.1, 0.15) is 5.69 Å². The van der Waals surface area contributed by atoms with E-state index in [-0.39, 0.29) is 12.2 Å². The molecule has 7 nitrogen and oxygen atoms in total. The molecule has 2 rings (SSSR count). The summed E-state index contributed by atoms with van der Waals surface area (Å²) in [5, 5.41) is 9.84. The molecule has 0 spiro atoms. The predicted molar refractivity (Wildman–Crippen MR) is 65.8 cm³/mol. The highest BCUT2D eigenvalue weighted by atomic mass is 32.1. The summed E-state index contributed by atoms with van der Waals surface area (Å²) in [5.41, 5.74) is 6.02. The number of pyridine rings is 1. The largest absolute Gasteiger partial charge is 0.320 e. The molecule has 2 aromatic heterocycles. The van der Waals surface area contributed by atoms with Crippen LogP contribution in [0, 0.1) is 11.8 Å². The molecule has 3 N–H and O–H groups in total. The van der Waals surface area contributed by atoms with Gasteiger partial charge in [-0.05, 0) is 17.3 Å². The minimum Gasteiger partial charge on any atom is -0.320 e. The number of carbonyl (C=O) groups excluding carboxylic acids is 1. The number of carbonyl (C=O) groups is 1. The molecule has 0 saturated carbocycles. The maximum Gasteiger partial charge on any atom is 0.277 e. The molecule has 0 aliphatic heterocycles. The molecule has 0 aromatic carbocycles. The van der Waals surface area contributed by atoms with Crippen LogP contribution >= 0.6 is 11.5 Å². The third kappa shape index (κ3) is 2.85. The van der Waals surface area contributed by atoms with Gasteiger partial charge in [-0.25, -0.2) is 4.98 Å². The number of anilines is 1. The first-order valence-corrected chi connectivity index (χ1v) is 5.69. The summed E-state index contributed by atoms with van der Waals surface area (Å²) < 4.78 is 3.54. The Morgan fingerprint density at radius 3 is 3.17 bits per heavy atom. The lowest BCUT2D eigenvalue weighted by atomic mass is 10.2. The van der Waals surface area contributed by atoms with E-state index in [0.717, 1.165) is 11.5 Å². The summed E-state index contributed by atoms with van der Waals surface area (Å²) in [6.45, 7) is 0.219. The normalized spacial score (nSPS) is 9.39. The first kappa shape index (κ1) is 12.1. The molecular weight excluding hydrogens is 252 g/mol. The Kier molecular flexibility index (Phi) is 3.90. The van der Waals surface area contributed by atoms with Gasteiger partial charge < -0.3 is 5.73 Å². The average molecular weight is 260 g/mol. The highest BCUT2D eigenvalue weighted by molar-refractivity contribution is 7.09. The molecule has 2 heterocycles. The van der Waals surface area contributed by atoms with Crippen molar-refractivity contribution < 1.29 is 4.79 Å². The van der Waals surface area contributed by atoms with Crippen molar-refractivity contribution in [3.8, 4) is 11.8 Å². The Morgan fingerprint density at radius 2 is 2.44 bits per heavy atom. The first-order chi connectivity index (χ1) is 8.81. The van der Waals surface area contributed by atoms with Gasteiger partial charge in [-0.1, -0.05) is 21.4 Å². The number of amides is 1. The van der Waals surface area contributed by atoms with Crippen LogP contribution in [0.3, 0.4) is 0 Å². The molecule has 0 aliphatic carbocycles. The minimum absolute atomic E-state index is 0.216. The van der Waals surface area contributed by atoms with Crippen LogP contribution in [-0.4, -0.2) is 32.2 Å². The average Bonchev–Trinajstić information content (AvgIpc) is 2.89. The van der Waals surface area contributed by atoms with E-state index in [1.807, 2.05) is 0 Å². The molecular formula is C10H8N6OS. The molecule has 0 atom stereocenters. The number of rotatable bonds is 2. The fourth-order valence-corrected chi connectivity index (χ4v) is 1.53. The van der Waals surface area contributed by atoms with Crippen molar-refractivity contribution in [2.45, 2.75) is 0 Å². The maximum atomic E-state index is 11.9. The summed E-state index contributed by atoms with van der Waals surface area (Å²) in [6, 6.07) is 3.40. The van der Waals surface area contributed by atoms with Crippen molar-refractivity contribution in [1.29, 1.82) is 0 Å². The van der Waals surface area contributed by atoms with E-state index < -0.39 is 5.91 Å².